The van der Waals surface area contributed by atoms with Crippen molar-refractivity contribution in [3.8, 4) is 0 Å². The first kappa shape index (κ1) is 12.6. The third kappa shape index (κ3) is 2.23. The molecular weight excluding hydrogens is 253 g/mol. The molecule has 0 N–H and O–H groups in total. The number of halogens is 1. The Bertz CT molecular complexity index is 789. The summed E-state index contributed by atoms with van der Waals surface area (Å²) in [7, 11) is 0. The number of nitrogens with zero attached hydrogens (tertiary/aromatic N) is 1. The summed E-state index contributed by atoms with van der Waals surface area (Å²) in [5, 5.41) is 1.14. The van der Waals surface area contributed by atoms with Crippen molar-refractivity contribution in [1.82, 2.24) is 4.57 Å². The predicted octanol–water partition coefficient (Wildman–Crippen LogP) is 3.97. The molecule has 0 saturated carbocycles. The van der Waals surface area contributed by atoms with Crippen LogP contribution in [0.1, 0.15) is 15.9 Å². The van der Waals surface area contributed by atoms with Crippen molar-refractivity contribution in [2.45, 2.75) is 13.5 Å². The second-order valence-electron chi connectivity index (χ2n) is 4.89. The first-order valence-electron chi connectivity index (χ1n) is 6.48. The number of Topliss-reactive ketones (excluding diaryl/α,β-unsaturated/α-hetero) is 1. The van der Waals surface area contributed by atoms with Gasteiger partial charge in [-0.3, -0.25) is 4.79 Å². The zero-order valence-electron chi connectivity index (χ0n) is 11.1. The van der Waals surface area contributed by atoms with E-state index in [1.165, 1.54) is 12.1 Å². The van der Waals surface area contributed by atoms with Crippen LogP contribution in [0.5, 0.6) is 0 Å². The van der Waals surface area contributed by atoms with Crippen LogP contribution in [-0.2, 0) is 6.54 Å². The number of carbonyl (C=O) groups excluding carboxylic acids is 1. The smallest absolute Gasteiger partial charge is 0.182 e. The summed E-state index contributed by atoms with van der Waals surface area (Å²) in [5.41, 5.74) is 2.56. The summed E-state index contributed by atoms with van der Waals surface area (Å²) in [5.74, 6) is -0.477. The molecule has 0 fully saturated rings. The topological polar surface area (TPSA) is 22.0 Å². The van der Waals surface area contributed by atoms with E-state index in [0.29, 0.717) is 5.56 Å². The quantitative estimate of drug-likeness (QED) is 0.658. The van der Waals surface area contributed by atoms with Gasteiger partial charge in [0, 0.05) is 22.7 Å². The summed E-state index contributed by atoms with van der Waals surface area (Å²) in [6.07, 6.45) is 1.96. The molecule has 1 heterocycles. The molecule has 0 bridgehead atoms. The highest BCUT2D eigenvalue weighted by molar-refractivity contribution is 5.97. The Morgan fingerprint density at radius 2 is 1.95 bits per heavy atom. The molecular formula is C17H14FNO. The van der Waals surface area contributed by atoms with E-state index in [0.717, 1.165) is 16.5 Å². The van der Waals surface area contributed by atoms with Gasteiger partial charge in [-0.1, -0.05) is 30.3 Å². The lowest BCUT2D eigenvalue weighted by Crippen LogP contribution is -2.09. The minimum absolute atomic E-state index is 0.0924. The van der Waals surface area contributed by atoms with Crippen LogP contribution in [0, 0.1) is 12.7 Å². The lowest BCUT2D eigenvalue weighted by Gasteiger charge is -2.05. The van der Waals surface area contributed by atoms with Gasteiger partial charge in [-0.25, -0.2) is 4.39 Å². The highest BCUT2D eigenvalue weighted by Gasteiger charge is 2.11. The second-order valence-corrected chi connectivity index (χ2v) is 4.89. The van der Waals surface area contributed by atoms with E-state index in [4.69, 9.17) is 0 Å². The maximum Gasteiger partial charge on any atom is 0.182 e. The maximum absolute atomic E-state index is 13.2. The standard InChI is InChI=1S/C17H14FNO/c1-12-10-19(16-8-3-2-7-15(12)16)11-17(20)13-5-4-6-14(18)9-13/h2-10H,11H2,1H3. The first-order valence-corrected chi connectivity index (χ1v) is 6.48. The third-order valence-corrected chi connectivity index (χ3v) is 3.45. The third-order valence-electron chi connectivity index (χ3n) is 3.45. The van der Waals surface area contributed by atoms with Gasteiger partial charge in [0.1, 0.15) is 5.82 Å². The van der Waals surface area contributed by atoms with Crippen LogP contribution in [-0.4, -0.2) is 10.4 Å². The number of fused-ring (bicyclic) bond motifs is 1. The van der Waals surface area contributed by atoms with Crippen molar-refractivity contribution < 1.29 is 9.18 Å². The molecule has 0 radical (unpaired) electrons. The van der Waals surface area contributed by atoms with Gasteiger partial charge in [0.05, 0.1) is 6.54 Å². The molecule has 0 aliphatic heterocycles. The fraction of sp³-hybridized carbons (Fsp3) is 0.118. The molecule has 3 aromatic rings. The second kappa shape index (κ2) is 4.93. The number of aromatic nitrogens is 1. The fourth-order valence-corrected chi connectivity index (χ4v) is 2.47. The van der Waals surface area contributed by atoms with Crippen molar-refractivity contribution >= 4 is 16.7 Å². The molecule has 3 rings (SSSR count). The van der Waals surface area contributed by atoms with Gasteiger partial charge < -0.3 is 4.57 Å². The van der Waals surface area contributed by atoms with Gasteiger partial charge in [0.15, 0.2) is 5.78 Å². The molecule has 2 aromatic carbocycles. The zero-order chi connectivity index (χ0) is 14.1. The molecule has 0 atom stereocenters. The van der Waals surface area contributed by atoms with Crippen LogP contribution in [0.4, 0.5) is 4.39 Å². The van der Waals surface area contributed by atoms with Gasteiger partial charge in [0.25, 0.3) is 0 Å². The Hall–Kier alpha value is -2.42. The average molecular weight is 267 g/mol. The monoisotopic (exact) mass is 267 g/mol. The van der Waals surface area contributed by atoms with Crippen molar-refractivity contribution in [2.24, 2.45) is 0 Å². The van der Waals surface area contributed by atoms with E-state index in [2.05, 4.69) is 0 Å². The largest absolute Gasteiger partial charge is 0.339 e. The molecule has 20 heavy (non-hydrogen) atoms. The van der Waals surface area contributed by atoms with E-state index in [1.807, 2.05) is 42.0 Å². The van der Waals surface area contributed by atoms with Gasteiger partial charge in [0.2, 0.25) is 0 Å². The summed E-state index contributed by atoms with van der Waals surface area (Å²) in [6.45, 7) is 2.24. The van der Waals surface area contributed by atoms with Crippen LogP contribution >= 0.6 is 0 Å². The summed E-state index contributed by atoms with van der Waals surface area (Å²) >= 11 is 0. The van der Waals surface area contributed by atoms with Gasteiger partial charge in [-0.15, -0.1) is 0 Å². The highest BCUT2D eigenvalue weighted by atomic mass is 19.1. The van der Waals surface area contributed by atoms with Crippen LogP contribution in [0.2, 0.25) is 0 Å². The van der Waals surface area contributed by atoms with Crippen molar-refractivity contribution in [3.63, 3.8) is 0 Å². The lowest BCUT2D eigenvalue weighted by molar-refractivity contribution is 0.0973. The number of carbonyl (C=O) groups is 1. The SMILES string of the molecule is Cc1cn(CC(=O)c2cccc(F)c2)c2ccccc12. The Balaban J connectivity index is 1.95. The first-order chi connectivity index (χ1) is 9.65. The molecule has 2 nitrogen and oxygen atoms in total. The molecule has 100 valence electrons. The Morgan fingerprint density at radius 3 is 2.75 bits per heavy atom. The number of para-hydroxylation sites is 1. The van der Waals surface area contributed by atoms with E-state index < -0.39 is 0 Å². The zero-order valence-corrected chi connectivity index (χ0v) is 11.1. The van der Waals surface area contributed by atoms with Crippen molar-refractivity contribution in [2.75, 3.05) is 0 Å². The minimum Gasteiger partial charge on any atom is -0.339 e. The molecule has 0 spiro atoms. The number of rotatable bonds is 3. The Kier molecular flexibility index (Phi) is 3.11. The number of hydrogen-bond acceptors (Lipinski definition) is 1. The van der Waals surface area contributed by atoms with Crippen LogP contribution in [0.3, 0.4) is 0 Å². The molecule has 3 heteroatoms. The molecule has 1 aromatic heterocycles. The van der Waals surface area contributed by atoms with Gasteiger partial charge in [-0.05, 0) is 30.7 Å². The Labute approximate surface area is 116 Å². The minimum atomic E-state index is -0.385. The van der Waals surface area contributed by atoms with E-state index in [1.54, 1.807) is 12.1 Å². The van der Waals surface area contributed by atoms with Crippen LogP contribution in [0.15, 0.2) is 54.7 Å². The number of hydrogen-bond donors (Lipinski definition) is 0. The molecule has 0 unspecified atom stereocenters. The summed E-state index contributed by atoms with van der Waals surface area (Å²) in [6, 6.07) is 13.8. The summed E-state index contributed by atoms with van der Waals surface area (Å²) < 4.78 is 15.1. The number of benzene rings is 2. The van der Waals surface area contributed by atoms with Crippen molar-refractivity contribution in [1.29, 1.82) is 0 Å². The normalized spacial score (nSPS) is 10.9. The van der Waals surface area contributed by atoms with Crippen LogP contribution in [0.25, 0.3) is 10.9 Å². The van der Waals surface area contributed by atoms with E-state index in [9.17, 15) is 9.18 Å². The lowest BCUT2D eigenvalue weighted by atomic mass is 10.1. The fourth-order valence-electron chi connectivity index (χ4n) is 2.47. The predicted molar refractivity (Wildman–Crippen MR) is 77.4 cm³/mol. The molecule has 0 amide bonds. The number of ketones is 1. The van der Waals surface area contributed by atoms with Gasteiger partial charge >= 0.3 is 0 Å². The Morgan fingerprint density at radius 1 is 1.15 bits per heavy atom. The van der Waals surface area contributed by atoms with Gasteiger partial charge in [-0.2, -0.15) is 0 Å². The van der Waals surface area contributed by atoms with E-state index in [-0.39, 0.29) is 18.1 Å². The van der Waals surface area contributed by atoms with Crippen LogP contribution < -0.4 is 0 Å². The highest BCUT2D eigenvalue weighted by Crippen LogP contribution is 2.20. The van der Waals surface area contributed by atoms with Crippen molar-refractivity contribution in [3.05, 3.63) is 71.7 Å². The van der Waals surface area contributed by atoms with E-state index >= 15 is 0 Å². The molecule has 0 saturated heterocycles. The summed E-state index contributed by atoms with van der Waals surface area (Å²) in [4.78, 5) is 12.2. The number of aryl methyl sites for hydroxylation is 1. The molecule has 0 aliphatic carbocycles. The maximum atomic E-state index is 13.2. The average Bonchev–Trinajstić information content (AvgIpc) is 2.76. The molecule has 0 aliphatic rings.